The second-order valence-electron chi connectivity index (χ2n) is 5.94. The van der Waals surface area contributed by atoms with Crippen LogP contribution in [0.15, 0.2) is 29.2 Å². The van der Waals surface area contributed by atoms with Crippen LogP contribution in [0.1, 0.15) is 38.7 Å². The highest BCUT2D eigenvalue weighted by molar-refractivity contribution is 7.99. The van der Waals surface area contributed by atoms with Gasteiger partial charge in [-0.3, -0.25) is 0 Å². The summed E-state index contributed by atoms with van der Waals surface area (Å²) in [4.78, 5) is 3.67. The van der Waals surface area contributed by atoms with Crippen molar-refractivity contribution in [2.45, 2.75) is 44.4 Å². The first-order chi connectivity index (χ1) is 9.08. The Bertz CT molecular complexity index is 330. The molecule has 0 aromatic heterocycles. The summed E-state index contributed by atoms with van der Waals surface area (Å²) in [5.41, 5.74) is 1.47. The van der Waals surface area contributed by atoms with Gasteiger partial charge in [0, 0.05) is 4.90 Å². The molecule has 0 saturated carbocycles. The smallest absolute Gasteiger partial charge is 0.00721 e. The molecule has 1 rings (SSSR count). The SMILES string of the molecule is CC(C)CCCSc1ccc(CCCN(C)C)cc1. The number of benzene rings is 1. The van der Waals surface area contributed by atoms with Gasteiger partial charge in [0.1, 0.15) is 0 Å². The van der Waals surface area contributed by atoms with E-state index in [1.807, 2.05) is 11.8 Å². The third kappa shape index (κ3) is 8.33. The molecule has 0 amide bonds. The molecule has 0 aliphatic heterocycles. The van der Waals surface area contributed by atoms with Crippen LogP contribution in [0.4, 0.5) is 0 Å². The lowest BCUT2D eigenvalue weighted by Gasteiger charge is -2.09. The van der Waals surface area contributed by atoms with Crippen LogP contribution in [0.25, 0.3) is 0 Å². The molecule has 0 aliphatic rings. The van der Waals surface area contributed by atoms with E-state index in [9.17, 15) is 0 Å². The van der Waals surface area contributed by atoms with Crippen molar-refractivity contribution < 1.29 is 0 Å². The Morgan fingerprint density at radius 2 is 1.74 bits per heavy atom. The number of hydrogen-bond donors (Lipinski definition) is 0. The molecule has 1 aromatic rings. The predicted octanol–water partition coefficient (Wildman–Crippen LogP) is 4.71. The van der Waals surface area contributed by atoms with E-state index < -0.39 is 0 Å². The second-order valence-corrected chi connectivity index (χ2v) is 7.10. The average Bonchev–Trinajstić information content (AvgIpc) is 2.36. The summed E-state index contributed by atoms with van der Waals surface area (Å²) >= 11 is 1.99. The lowest BCUT2D eigenvalue weighted by Crippen LogP contribution is -2.13. The van der Waals surface area contributed by atoms with E-state index in [2.05, 4.69) is 57.1 Å². The first-order valence-electron chi connectivity index (χ1n) is 7.44. The van der Waals surface area contributed by atoms with E-state index >= 15 is 0 Å². The summed E-state index contributed by atoms with van der Waals surface area (Å²) in [7, 11) is 4.27. The highest BCUT2D eigenvalue weighted by Crippen LogP contribution is 2.21. The van der Waals surface area contributed by atoms with Gasteiger partial charge in [-0.25, -0.2) is 0 Å². The third-order valence-corrected chi connectivity index (χ3v) is 4.29. The van der Waals surface area contributed by atoms with Crippen molar-refractivity contribution in [1.29, 1.82) is 0 Å². The molecule has 19 heavy (non-hydrogen) atoms. The van der Waals surface area contributed by atoms with Gasteiger partial charge in [0.25, 0.3) is 0 Å². The summed E-state index contributed by atoms with van der Waals surface area (Å²) in [5.74, 6) is 2.08. The molecule has 0 fully saturated rings. The molecular weight excluding hydrogens is 250 g/mol. The zero-order valence-electron chi connectivity index (χ0n) is 13.0. The molecule has 0 N–H and O–H groups in total. The molecule has 0 atom stereocenters. The summed E-state index contributed by atoms with van der Waals surface area (Å²) in [6.07, 6.45) is 5.10. The number of aryl methyl sites for hydroxylation is 1. The predicted molar refractivity (Wildman–Crippen MR) is 88.1 cm³/mol. The maximum absolute atomic E-state index is 2.30. The van der Waals surface area contributed by atoms with Crippen LogP contribution < -0.4 is 0 Å². The maximum Gasteiger partial charge on any atom is 0.00721 e. The van der Waals surface area contributed by atoms with Crippen LogP contribution in [0.3, 0.4) is 0 Å². The van der Waals surface area contributed by atoms with Gasteiger partial charge in [-0.15, -0.1) is 11.8 Å². The van der Waals surface area contributed by atoms with E-state index in [0.717, 1.165) is 5.92 Å². The van der Waals surface area contributed by atoms with Crippen LogP contribution in [0.5, 0.6) is 0 Å². The molecule has 1 nitrogen and oxygen atoms in total. The van der Waals surface area contributed by atoms with Crippen molar-refractivity contribution in [1.82, 2.24) is 4.90 Å². The van der Waals surface area contributed by atoms with Gasteiger partial charge >= 0.3 is 0 Å². The lowest BCUT2D eigenvalue weighted by molar-refractivity contribution is 0.400. The Kier molecular flexibility index (Phi) is 8.24. The van der Waals surface area contributed by atoms with Gasteiger partial charge in [-0.1, -0.05) is 32.4 Å². The highest BCUT2D eigenvalue weighted by atomic mass is 32.2. The Morgan fingerprint density at radius 1 is 1.05 bits per heavy atom. The molecule has 0 bridgehead atoms. The normalized spacial score (nSPS) is 11.5. The molecule has 0 heterocycles. The Balaban J connectivity index is 2.23. The van der Waals surface area contributed by atoms with E-state index in [4.69, 9.17) is 0 Å². The Morgan fingerprint density at radius 3 is 2.32 bits per heavy atom. The van der Waals surface area contributed by atoms with Crippen molar-refractivity contribution in [2.24, 2.45) is 5.92 Å². The van der Waals surface area contributed by atoms with Gasteiger partial charge in [-0.2, -0.15) is 0 Å². The number of rotatable bonds is 9. The van der Waals surface area contributed by atoms with Crippen LogP contribution in [0, 0.1) is 5.92 Å². The van der Waals surface area contributed by atoms with Crippen LogP contribution in [0.2, 0.25) is 0 Å². The molecule has 1 aromatic carbocycles. The topological polar surface area (TPSA) is 3.24 Å². The van der Waals surface area contributed by atoms with E-state index in [1.165, 1.54) is 48.4 Å². The largest absolute Gasteiger partial charge is 0.309 e. The van der Waals surface area contributed by atoms with E-state index in [1.54, 1.807) is 0 Å². The first kappa shape index (κ1) is 16.6. The highest BCUT2D eigenvalue weighted by Gasteiger charge is 1.98. The Labute approximate surface area is 123 Å². The van der Waals surface area contributed by atoms with E-state index in [0.29, 0.717) is 0 Å². The lowest BCUT2D eigenvalue weighted by atomic mass is 10.1. The van der Waals surface area contributed by atoms with Crippen LogP contribution in [-0.2, 0) is 6.42 Å². The maximum atomic E-state index is 2.30. The number of hydrogen-bond acceptors (Lipinski definition) is 2. The summed E-state index contributed by atoms with van der Waals surface area (Å²) < 4.78 is 0. The third-order valence-electron chi connectivity index (χ3n) is 3.19. The van der Waals surface area contributed by atoms with Crippen LogP contribution in [-0.4, -0.2) is 31.3 Å². The monoisotopic (exact) mass is 279 g/mol. The van der Waals surface area contributed by atoms with Gasteiger partial charge in [0.15, 0.2) is 0 Å². The average molecular weight is 279 g/mol. The molecule has 0 saturated heterocycles. The quantitative estimate of drug-likeness (QED) is 0.476. The van der Waals surface area contributed by atoms with Crippen molar-refractivity contribution in [3.63, 3.8) is 0 Å². The van der Waals surface area contributed by atoms with Crippen LogP contribution >= 0.6 is 11.8 Å². The van der Waals surface area contributed by atoms with E-state index in [-0.39, 0.29) is 0 Å². The van der Waals surface area contributed by atoms with Crippen molar-refractivity contribution >= 4 is 11.8 Å². The van der Waals surface area contributed by atoms with Gasteiger partial charge in [0.2, 0.25) is 0 Å². The van der Waals surface area contributed by atoms with Crippen molar-refractivity contribution in [3.8, 4) is 0 Å². The van der Waals surface area contributed by atoms with Gasteiger partial charge in [-0.05, 0) is 69.3 Å². The summed E-state index contributed by atoms with van der Waals surface area (Å²) in [6.45, 7) is 5.77. The summed E-state index contributed by atoms with van der Waals surface area (Å²) in [6, 6.07) is 9.15. The zero-order valence-corrected chi connectivity index (χ0v) is 13.8. The standard InChI is InChI=1S/C17H29NS/c1-15(2)7-6-14-19-17-11-9-16(10-12-17)8-5-13-18(3)4/h9-12,15H,5-8,13-14H2,1-4H3. The molecule has 2 heteroatoms. The minimum atomic E-state index is 0.833. The Hall–Kier alpha value is -0.470. The number of thioether (sulfide) groups is 1. The van der Waals surface area contributed by atoms with Crippen molar-refractivity contribution in [3.05, 3.63) is 29.8 Å². The second kappa shape index (κ2) is 9.44. The fourth-order valence-electron chi connectivity index (χ4n) is 2.03. The summed E-state index contributed by atoms with van der Waals surface area (Å²) in [5, 5.41) is 0. The van der Waals surface area contributed by atoms with Gasteiger partial charge < -0.3 is 4.90 Å². The fraction of sp³-hybridized carbons (Fsp3) is 0.647. The minimum Gasteiger partial charge on any atom is -0.309 e. The molecular formula is C17H29NS. The van der Waals surface area contributed by atoms with Gasteiger partial charge in [0.05, 0.1) is 0 Å². The fourth-order valence-corrected chi connectivity index (χ4v) is 2.91. The molecule has 0 radical (unpaired) electrons. The zero-order chi connectivity index (χ0) is 14.1. The van der Waals surface area contributed by atoms with Crippen molar-refractivity contribution in [2.75, 3.05) is 26.4 Å². The number of nitrogens with zero attached hydrogens (tertiary/aromatic N) is 1. The molecule has 108 valence electrons. The molecule has 0 spiro atoms. The molecule has 0 unspecified atom stereocenters. The first-order valence-corrected chi connectivity index (χ1v) is 8.43. The molecule has 0 aliphatic carbocycles. The minimum absolute atomic E-state index is 0.833.